The smallest absolute Gasteiger partial charge is 0.397 e. The Kier molecular flexibility index (Phi) is 8.72. The molecule has 0 amide bonds. The van der Waals surface area contributed by atoms with E-state index >= 15 is 0 Å². The summed E-state index contributed by atoms with van der Waals surface area (Å²) in [6.07, 6.45) is -1.01. The fraction of sp³-hybridized carbons (Fsp3) is 0.414. The van der Waals surface area contributed by atoms with Crippen molar-refractivity contribution >= 4 is 5.97 Å². The average molecular weight is 547 g/mol. The summed E-state index contributed by atoms with van der Waals surface area (Å²) in [6, 6.07) is 11.1. The number of benzene rings is 2. The SMILES string of the molecule is CCOC(=O)C[C@H](c1cccc(OCc2cnc(-c3cc(OC)ccc3F)c(C(C)C(F)(F)F)n2)c1)C1CC1. The van der Waals surface area contributed by atoms with Gasteiger partial charge in [0.25, 0.3) is 0 Å². The van der Waals surface area contributed by atoms with Crippen LogP contribution < -0.4 is 9.47 Å². The second-order valence-corrected chi connectivity index (χ2v) is 9.52. The van der Waals surface area contributed by atoms with Crippen LogP contribution in [0.2, 0.25) is 0 Å². The van der Waals surface area contributed by atoms with Gasteiger partial charge in [-0.3, -0.25) is 9.78 Å². The van der Waals surface area contributed by atoms with Crippen LogP contribution in [0.25, 0.3) is 11.3 Å². The first-order valence-electron chi connectivity index (χ1n) is 12.8. The maximum absolute atomic E-state index is 14.6. The van der Waals surface area contributed by atoms with Crippen molar-refractivity contribution in [3.63, 3.8) is 0 Å². The molecule has 0 aliphatic heterocycles. The van der Waals surface area contributed by atoms with Crippen LogP contribution in [0.4, 0.5) is 17.6 Å². The Morgan fingerprint density at radius 1 is 1.13 bits per heavy atom. The lowest BCUT2D eigenvalue weighted by Crippen LogP contribution is -2.21. The topological polar surface area (TPSA) is 70.5 Å². The van der Waals surface area contributed by atoms with E-state index in [4.69, 9.17) is 14.2 Å². The van der Waals surface area contributed by atoms with Gasteiger partial charge in [-0.2, -0.15) is 13.2 Å². The number of aromatic nitrogens is 2. The van der Waals surface area contributed by atoms with Crippen LogP contribution in [-0.2, 0) is 16.1 Å². The molecule has 1 heterocycles. The molecule has 0 spiro atoms. The summed E-state index contributed by atoms with van der Waals surface area (Å²) < 4.78 is 71.9. The van der Waals surface area contributed by atoms with E-state index in [1.54, 1.807) is 13.0 Å². The number of hydrogen-bond donors (Lipinski definition) is 0. The Balaban J connectivity index is 1.58. The lowest BCUT2D eigenvalue weighted by molar-refractivity contribution is -0.147. The number of rotatable bonds is 11. The van der Waals surface area contributed by atoms with Gasteiger partial charge in [0.1, 0.15) is 23.9 Å². The van der Waals surface area contributed by atoms with E-state index in [1.165, 1.54) is 25.4 Å². The molecule has 2 atom stereocenters. The quantitative estimate of drug-likeness (QED) is 0.191. The normalized spacial score (nSPS) is 14.9. The number of carbonyl (C=O) groups is 1. The van der Waals surface area contributed by atoms with E-state index in [2.05, 4.69) is 9.97 Å². The Labute approximate surface area is 224 Å². The maximum Gasteiger partial charge on any atom is 0.397 e. The highest BCUT2D eigenvalue weighted by molar-refractivity contribution is 5.70. The van der Waals surface area contributed by atoms with Crippen LogP contribution >= 0.6 is 0 Å². The fourth-order valence-electron chi connectivity index (χ4n) is 4.44. The zero-order chi connectivity index (χ0) is 28.2. The number of nitrogens with zero attached hydrogens (tertiary/aromatic N) is 2. The van der Waals surface area contributed by atoms with Gasteiger partial charge in [-0.05, 0) is 74.4 Å². The number of alkyl halides is 3. The molecule has 1 fully saturated rings. The largest absolute Gasteiger partial charge is 0.497 e. The third kappa shape index (κ3) is 7.04. The van der Waals surface area contributed by atoms with Gasteiger partial charge < -0.3 is 14.2 Å². The molecule has 39 heavy (non-hydrogen) atoms. The third-order valence-corrected chi connectivity index (χ3v) is 6.74. The Morgan fingerprint density at radius 2 is 1.90 bits per heavy atom. The zero-order valence-corrected chi connectivity index (χ0v) is 21.9. The summed E-state index contributed by atoms with van der Waals surface area (Å²) in [5.41, 5.74) is 0.329. The van der Waals surface area contributed by atoms with Gasteiger partial charge in [-0.15, -0.1) is 0 Å². The van der Waals surface area contributed by atoms with E-state index in [1.807, 2.05) is 18.2 Å². The number of hydrogen-bond acceptors (Lipinski definition) is 6. The third-order valence-electron chi connectivity index (χ3n) is 6.74. The summed E-state index contributed by atoms with van der Waals surface area (Å²) in [5, 5.41) is 0. The zero-order valence-electron chi connectivity index (χ0n) is 21.9. The average Bonchev–Trinajstić information content (AvgIpc) is 3.76. The molecule has 0 bridgehead atoms. The highest BCUT2D eigenvalue weighted by Gasteiger charge is 2.40. The minimum atomic E-state index is -4.62. The summed E-state index contributed by atoms with van der Waals surface area (Å²) in [7, 11) is 1.38. The van der Waals surface area contributed by atoms with Gasteiger partial charge in [0.15, 0.2) is 0 Å². The highest BCUT2D eigenvalue weighted by Crippen LogP contribution is 2.45. The summed E-state index contributed by atoms with van der Waals surface area (Å²) in [6.45, 7) is 2.89. The number of carbonyl (C=O) groups excluding carboxylic acids is 1. The second kappa shape index (κ2) is 12.0. The van der Waals surface area contributed by atoms with Gasteiger partial charge >= 0.3 is 12.1 Å². The molecule has 6 nitrogen and oxygen atoms in total. The van der Waals surface area contributed by atoms with E-state index in [0.717, 1.165) is 31.4 Å². The van der Waals surface area contributed by atoms with E-state index < -0.39 is 23.6 Å². The molecule has 1 saturated carbocycles. The predicted molar refractivity (Wildman–Crippen MR) is 136 cm³/mol. The Hall–Kier alpha value is -3.69. The van der Waals surface area contributed by atoms with Gasteiger partial charge in [-0.1, -0.05) is 12.1 Å². The summed E-state index contributed by atoms with van der Waals surface area (Å²) >= 11 is 0. The van der Waals surface area contributed by atoms with Crippen molar-refractivity contribution < 1.29 is 36.6 Å². The van der Waals surface area contributed by atoms with Crippen molar-refractivity contribution in [2.75, 3.05) is 13.7 Å². The molecule has 2 aromatic carbocycles. The molecule has 0 radical (unpaired) electrons. The number of esters is 1. The van der Waals surface area contributed by atoms with Gasteiger partial charge in [0, 0.05) is 5.56 Å². The molecule has 208 valence electrons. The molecule has 4 rings (SSSR count). The summed E-state index contributed by atoms with van der Waals surface area (Å²) in [5.74, 6) is -1.84. The number of halogens is 4. The molecule has 10 heteroatoms. The molecule has 1 aliphatic carbocycles. The number of ether oxygens (including phenoxy) is 3. The first-order chi connectivity index (χ1) is 18.6. The lowest BCUT2D eigenvalue weighted by Gasteiger charge is -2.19. The van der Waals surface area contributed by atoms with Crippen LogP contribution in [-0.4, -0.2) is 35.8 Å². The Morgan fingerprint density at radius 3 is 2.56 bits per heavy atom. The molecular weight excluding hydrogens is 516 g/mol. The molecule has 0 saturated heterocycles. The number of methoxy groups -OCH3 is 1. The summed E-state index contributed by atoms with van der Waals surface area (Å²) in [4.78, 5) is 20.5. The molecule has 1 aromatic heterocycles. The van der Waals surface area contributed by atoms with Crippen molar-refractivity contribution in [3.05, 3.63) is 71.4 Å². The first kappa shape index (κ1) is 28.3. The van der Waals surface area contributed by atoms with Gasteiger partial charge in [0.05, 0.1) is 49.3 Å². The Bertz CT molecular complexity index is 1310. The maximum atomic E-state index is 14.6. The van der Waals surface area contributed by atoms with Crippen LogP contribution in [0.5, 0.6) is 11.5 Å². The van der Waals surface area contributed by atoms with Crippen molar-refractivity contribution in [1.82, 2.24) is 9.97 Å². The standard InChI is InChI=1S/C29H30F4N2O4/c1-4-38-26(36)14-23(18-8-9-18)19-6-5-7-22(12-19)39-16-20-15-34-28(27(35-20)17(2)29(31,32)33)24-13-21(37-3)10-11-25(24)30/h5-7,10-13,15,17-18,23H,4,8-9,14,16H2,1-3H3/t17?,23-/m0/s1. The van der Waals surface area contributed by atoms with Crippen LogP contribution in [0.1, 0.15) is 61.9 Å². The molecule has 3 aromatic rings. The van der Waals surface area contributed by atoms with Crippen molar-refractivity contribution in [1.29, 1.82) is 0 Å². The van der Waals surface area contributed by atoms with E-state index in [-0.39, 0.29) is 47.6 Å². The minimum Gasteiger partial charge on any atom is -0.497 e. The molecular formula is C29H30F4N2O4. The first-order valence-corrected chi connectivity index (χ1v) is 12.8. The van der Waals surface area contributed by atoms with Crippen LogP contribution in [0.3, 0.4) is 0 Å². The fourth-order valence-corrected chi connectivity index (χ4v) is 4.44. The van der Waals surface area contributed by atoms with E-state index in [9.17, 15) is 22.4 Å². The van der Waals surface area contributed by atoms with Crippen molar-refractivity contribution in [3.8, 4) is 22.8 Å². The molecule has 0 N–H and O–H groups in total. The molecule has 1 aliphatic rings. The van der Waals surface area contributed by atoms with Gasteiger partial charge in [-0.25, -0.2) is 9.37 Å². The monoisotopic (exact) mass is 546 g/mol. The van der Waals surface area contributed by atoms with Crippen LogP contribution in [0, 0.1) is 11.7 Å². The highest BCUT2D eigenvalue weighted by atomic mass is 19.4. The predicted octanol–water partition coefficient (Wildman–Crippen LogP) is 6.98. The van der Waals surface area contributed by atoms with E-state index in [0.29, 0.717) is 18.3 Å². The molecule has 1 unspecified atom stereocenters. The van der Waals surface area contributed by atoms with Crippen LogP contribution in [0.15, 0.2) is 48.7 Å². The van der Waals surface area contributed by atoms with Crippen molar-refractivity contribution in [2.45, 2.75) is 57.7 Å². The minimum absolute atomic E-state index is 0.00340. The van der Waals surface area contributed by atoms with Crippen molar-refractivity contribution in [2.24, 2.45) is 5.92 Å². The lowest BCUT2D eigenvalue weighted by atomic mass is 9.91. The second-order valence-electron chi connectivity index (χ2n) is 9.52. The van der Waals surface area contributed by atoms with Gasteiger partial charge in [0.2, 0.25) is 0 Å².